The smallest absolute Gasteiger partial charge is 0.255 e. The average Bonchev–Trinajstić information content (AvgIpc) is 3.02. The van der Waals surface area contributed by atoms with Crippen LogP contribution >= 0.6 is 23.2 Å². The van der Waals surface area contributed by atoms with Gasteiger partial charge in [0.05, 0.1) is 10.7 Å². The zero-order chi connectivity index (χ0) is 15.5. The molecule has 0 spiro atoms. The van der Waals surface area contributed by atoms with Gasteiger partial charge in [0.2, 0.25) is 0 Å². The van der Waals surface area contributed by atoms with Gasteiger partial charge >= 0.3 is 0 Å². The molecule has 1 fully saturated rings. The molecule has 1 aliphatic heterocycles. The number of hydrogen-bond acceptors (Lipinski definition) is 2. The maximum absolute atomic E-state index is 12.2. The molecule has 0 bridgehead atoms. The first-order valence-electron chi connectivity index (χ1n) is 7.25. The average molecular weight is 335 g/mol. The van der Waals surface area contributed by atoms with Crippen LogP contribution in [0.25, 0.3) is 0 Å². The first-order chi connectivity index (χ1) is 10.6. The molecule has 0 saturated carbocycles. The summed E-state index contributed by atoms with van der Waals surface area (Å²) in [6, 6.07) is 12.4. The molecule has 2 aromatic carbocycles. The lowest BCUT2D eigenvalue weighted by atomic mass is 10.2. The summed E-state index contributed by atoms with van der Waals surface area (Å²) in [6.07, 6.45) is 2.40. The van der Waals surface area contributed by atoms with Crippen molar-refractivity contribution in [3.8, 4) is 0 Å². The predicted octanol–water partition coefficient (Wildman–Crippen LogP) is 4.85. The minimum Gasteiger partial charge on any atom is -0.370 e. The van der Waals surface area contributed by atoms with Crippen LogP contribution in [0, 0.1) is 0 Å². The van der Waals surface area contributed by atoms with Crippen molar-refractivity contribution in [3.05, 3.63) is 58.1 Å². The van der Waals surface area contributed by atoms with E-state index in [1.807, 2.05) is 12.1 Å². The molecule has 0 radical (unpaired) electrons. The van der Waals surface area contributed by atoms with E-state index in [0.717, 1.165) is 18.8 Å². The van der Waals surface area contributed by atoms with E-state index in [1.165, 1.54) is 12.8 Å². The van der Waals surface area contributed by atoms with Crippen molar-refractivity contribution in [1.29, 1.82) is 0 Å². The molecule has 5 heteroatoms. The lowest BCUT2D eigenvalue weighted by molar-refractivity contribution is 0.102. The van der Waals surface area contributed by atoms with Gasteiger partial charge < -0.3 is 10.2 Å². The first kappa shape index (κ1) is 15.2. The maximum Gasteiger partial charge on any atom is 0.255 e. The summed E-state index contributed by atoms with van der Waals surface area (Å²) in [5, 5.41) is 4.12. The summed E-state index contributed by atoms with van der Waals surface area (Å²) in [4.78, 5) is 14.4. The maximum atomic E-state index is 12.2. The van der Waals surface area contributed by atoms with Crippen LogP contribution in [0.15, 0.2) is 42.5 Å². The highest BCUT2D eigenvalue weighted by atomic mass is 35.5. The Bertz CT molecular complexity index is 680. The molecule has 22 heavy (non-hydrogen) atoms. The van der Waals surface area contributed by atoms with Gasteiger partial charge in [-0.2, -0.15) is 0 Å². The van der Waals surface area contributed by atoms with Gasteiger partial charge in [-0.15, -0.1) is 0 Å². The Balaban J connectivity index is 1.73. The van der Waals surface area contributed by atoms with Gasteiger partial charge in [0.25, 0.3) is 5.91 Å². The Hall–Kier alpha value is -1.71. The molecule has 1 N–H and O–H groups in total. The molecule has 3 nitrogen and oxygen atoms in total. The second kappa shape index (κ2) is 6.59. The summed E-state index contributed by atoms with van der Waals surface area (Å²) in [5.74, 6) is -0.179. The van der Waals surface area contributed by atoms with Crippen molar-refractivity contribution in [3.63, 3.8) is 0 Å². The number of halogens is 2. The van der Waals surface area contributed by atoms with E-state index in [9.17, 15) is 4.79 Å². The van der Waals surface area contributed by atoms with Gasteiger partial charge in [0.1, 0.15) is 0 Å². The summed E-state index contributed by atoms with van der Waals surface area (Å²) < 4.78 is 0. The van der Waals surface area contributed by atoms with Gasteiger partial charge in [0, 0.05) is 29.4 Å². The number of benzene rings is 2. The van der Waals surface area contributed by atoms with E-state index >= 15 is 0 Å². The van der Waals surface area contributed by atoms with Crippen molar-refractivity contribution in [1.82, 2.24) is 0 Å². The normalized spacial score (nSPS) is 14.2. The van der Waals surface area contributed by atoms with Crippen molar-refractivity contribution < 1.29 is 4.79 Å². The summed E-state index contributed by atoms with van der Waals surface area (Å²) in [7, 11) is 0. The molecule has 114 valence electrons. The van der Waals surface area contributed by atoms with E-state index in [-0.39, 0.29) is 5.91 Å². The molecule has 0 unspecified atom stereocenters. The standard InChI is InChI=1S/C17H16Cl2N2O/c18-13-5-3-12(4-6-13)17(22)20-14-7-8-16(15(19)11-14)21-9-1-2-10-21/h3-8,11H,1-2,9-10H2,(H,20,22). The molecule has 3 rings (SSSR count). The van der Waals surface area contributed by atoms with Crippen molar-refractivity contribution in [2.75, 3.05) is 23.3 Å². The number of nitrogens with zero attached hydrogens (tertiary/aromatic N) is 1. The lowest BCUT2D eigenvalue weighted by Gasteiger charge is -2.19. The molecule has 0 aromatic heterocycles. The van der Waals surface area contributed by atoms with Crippen LogP contribution in [0.1, 0.15) is 23.2 Å². The van der Waals surface area contributed by atoms with Gasteiger partial charge in [-0.3, -0.25) is 4.79 Å². The molecule has 2 aromatic rings. The molecule has 1 saturated heterocycles. The Kier molecular flexibility index (Phi) is 4.55. The topological polar surface area (TPSA) is 32.3 Å². The van der Waals surface area contributed by atoms with Crippen molar-refractivity contribution >= 4 is 40.5 Å². The van der Waals surface area contributed by atoms with Crippen LogP contribution in [-0.2, 0) is 0 Å². The van der Waals surface area contributed by atoms with Gasteiger partial charge in [0.15, 0.2) is 0 Å². The van der Waals surface area contributed by atoms with Gasteiger partial charge in [-0.25, -0.2) is 0 Å². The van der Waals surface area contributed by atoms with Gasteiger partial charge in [-0.1, -0.05) is 23.2 Å². The van der Waals surface area contributed by atoms with Crippen LogP contribution in [0.4, 0.5) is 11.4 Å². The van der Waals surface area contributed by atoms with E-state index in [1.54, 1.807) is 30.3 Å². The van der Waals surface area contributed by atoms with Crippen LogP contribution in [0.2, 0.25) is 10.0 Å². The lowest BCUT2D eigenvalue weighted by Crippen LogP contribution is -2.18. The Morgan fingerprint density at radius 3 is 2.32 bits per heavy atom. The molecule has 1 heterocycles. The Morgan fingerprint density at radius 2 is 1.68 bits per heavy atom. The van der Waals surface area contributed by atoms with Crippen molar-refractivity contribution in [2.45, 2.75) is 12.8 Å². The molecule has 1 aliphatic rings. The van der Waals surface area contributed by atoms with E-state index in [0.29, 0.717) is 21.3 Å². The fourth-order valence-electron chi connectivity index (χ4n) is 2.60. The minimum atomic E-state index is -0.179. The minimum absolute atomic E-state index is 0.179. The number of anilines is 2. The van der Waals surface area contributed by atoms with E-state index in [4.69, 9.17) is 23.2 Å². The number of rotatable bonds is 3. The fraction of sp³-hybridized carbons (Fsp3) is 0.235. The summed E-state index contributed by atoms with van der Waals surface area (Å²) in [6.45, 7) is 2.08. The fourth-order valence-corrected chi connectivity index (χ4v) is 3.03. The molecule has 1 amide bonds. The SMILES string of the molecule is O=C(Nc1ccc(N2CCCC2)c(Cl)c1)c1ccc(Cl)cc1. The van der Waals surface area contributed by atoms with E-state index < -0.39 is 0 Å². The quantitative estimate of drug-likeness (QED) is 0.870. The first-order valence-corrected chi connectivity index (χ1v) is 8.00. The van der Waals surface area contributed by atoms with Gasteiger partial charge in [-0.05, 0) is 55.3 Å². The third-order valence-electron chi connectivity index (χ3n) is 3.76. The predicted molar refractivity (Wildman–Crippen MR) is 92.3 cm³/mol. The summed E-state index contributed by atoms with van der Waals surface area (Å²) >= 11 is 12.2. The highest BCUT2D eigenvalue weighted by Gasteiger charge is 2.15. The van der Waals surface area contributed by atoms with Crippen LogP contribution < -0.4 is 10.2 Å². The largest absolute Gasteiger partial charge is 0.370 e. The highest BCUT2D eigenvalue weighted by molar-refractivity contribution is 6.33. The highest BCUT2D eigenvalue weighted by Crippen LogP contribution is 2.31. The Labute approximate surface area is 139 Å². The zero-order valence-electron chi connectivity index (χ0n) is 12.0. The molecular weight excluding hydrogens is 319 g/mol. The number of carbonyl (C=O) groups excluding carboxylic acids is 1. The monoisotopic (exact) mass is 334 g/mol. The third kappa shape index (κ3) is 3.37. The third-order valence-corrected chi connectivity index (χ3v) is 4.31. The number of carbonyl (C=O) groups is 1. The number of nitrogens with one attached hydrogen (secondary N) is 1. The second-order valence-corrected chi connectivity index (χ2v) is 6.16. The van der Waals surface area contributed by atoms with Crippen LogP contribution in [0.3, 0.4) is 0 Å². The molecule has 0 atom stereocenters. The summed E-state index contributed by atoms with van der Waals surface area (Å²) in [5.41, 5.74) is 2.28. The zero-order valence-corrected chi connectivity index (χ0v) is 13.5. The van der Waals surface area contributed by atoms with Crippen LogP contribution in [0.5, 0.6) is 0 Å². The van der Waals surface area contributed by atoms with E-state index in [2.05, 4.69) is 10.2 Å². The van der Waals surface area contributed by atoms with Crippen LogP contribution in [-0.4, -0.2) is 19.0 Å². The Morgan fingerprint density at radius 1 is 1.00 bits per heavy atom. The number of hydrogen-bond donors (Lipinski definition) is 1. The second-order valence-electron chi connectivity index (χ2n) is 5.32. The van der Waals surface area contributed by atoms with Crippen molar-refractivity contribution in [2.24, 2.45) is 0 Å². The molecule has 0 aliphatic carbocycles. The number of amides is 1. The molecular formula is C17H16Cl2N2O.